The lowest BCUT2D eigenvalue weighted by Crippen LogP contribution is -2.31. The van der Waals surface area contributed by atoms with E-state index < -0.39 is 0 Å². The largest absolute Gasteiger partial charge is 0.272 e. The quantitative estimate of drug-likeness (QED) is 0.631. The highest BCUT2D eigenvalue weighted by Gasteiger charge is 2.18. The molecule has 0 saturated carbocycles. The molecule has 0 bridgehead atoms. The van der Waals surface area contributed by atoms with Gasteiger partial charge in [-0.15, -0.1) is 0 Å². The molecular formula is C14H22N6. The lowest BCUT2D eigenvalue weighted by molar-refractivity contribution is 0.521. The van der Waals surface area contributed by atoms with E-state index in [0.29, 0.717) is 0 Å². The maximum absolute atomic E-state index is 5.76. The zero-order chi connectivity index (χ0) is 14.7. The molecule has 0 aromatic carbocycles. The second-order valence-corrected chi connectivity index (χ2v) is 5.07. The molecule has 0 spiro atoms. The van der Waals surface area contributed by atoms with Gasteiger partial charge >= 0.3 is 0 Å². The van der Waals surface area contributed by atoms with Gasteiger partial charge in [-0.1, -0.05) is 6.92 Å². The Morgan fingerprint density at radius 1 is 1.25 bits per heavy atom. The molecule has 2 heterocycles. The summed E-state index contributed by atoms with van der Waals surface area (Å²) in [6, 6.07) is 4.14. The summed E-state index contributed by atoms with van der Waals surface area (Å²) in [5, 5.41) is 12.8. The average molecular weight is 274 g/mol. The van der Waals surface area contributed by atoms with Gasteiger partial charge in [0.15, 0.2) is 0 Å². The first-order chi connectivity index (χ1) is 9.55. The van der Waals surface area contributed by atoms with Gasteiger partial charge in [-0.25, -0.2) is 0 Å². The molecule has 2 rings (SSSR count). The van der Waals surface area contributed by atoms with Gasteiger partial charge in [-0.3, -0.25) is 16.0 Å². The van der Waals surface area contributed by atoms with Gasteiger partial charge in [0, 0.05) is 19.2 Å². The van der Waals surface area contributed by atoms with Gasteiger partial charge in [0.05, 0.1) is 23.1 Å². The van der Waals surface area contributed by atoms with Crippen LogP contribution >= 0.6 is 0 Å². The SMILES string of the molecule is CCc1nnc(C)cc1C(Cc1cc(C)nn1C)NN. The van der Waals surface area contributed by atoms with Crippen molar-refractivity contribution in [2.24, 2.45) is 12.9 Å². The minimum absolute atomic E-state index is 0.00829. The molecule has 0 aliphatic rings. The van der Waals surface area contributed by atoms with Crippen LogP contribution in [0.15, 0.2) is 12.1 Å². The van der Waals surface area contributed by atoms with Crippen molar-refractivity contribution in [3.63, 3.8) is 0 Å². The Labute approximate surface area is 119 Å². The molecular weight excluding hydrogens is 252 g/mol. The summed E-state index contributed by atoms with van der Waals surface area (Å²) in [6.07, 6.45) is 1.61. The van der Waals surface area contributed by atoms with Crippen LogP contribution in [0.25, 0.3) is 0 Å². The van der Waals surface area contributed by atoms with Crippen molar-refractivity contribution in [2.45, 2.75) is 39.7 Å². The lowest BCUT2D eigenvalue weighted by Gasteiger charge is -2.19. The van der Waals surface area contributed by atoms with Crippen LogP contribution in [-0.4, -0.2) is 20.0 Å². The van der Waals surface area contributed by atoms with E-state index in [1.165, 1.54) is 0 Å². The van der Waals surface area contributed by atoms with Gasteiger partial charge in [0.25, 0.3) is 0 Å². The van der Waals surface area contributed by atoms with Crippen LogP contribution < -0.4 is 11.3 Å². The molecule has 1 atom stereocenters. The van der Waals surface area contributed by atoms with E-state index >= 15 is 0 Å². The minimum atomic E-state index is 0.00829. The standard InChI is InChI=1S/C14H22N6/c1-5-13-12(7-9(2)17-18-13)14(16-15)8-11-6-10(3)19-20(11)4/h6-7,14,16H,5,8,15H2,1-4H3. The molecule has 20 heavy (non-hydrogen) atoms. The normalized spacial score (nSPS) is 12.7. The highest BCUT2D eigenvalue weighted by molar-refractivity contribution is 5.26. The predicted octanol–water partition coefficient (Wildman–Crippen LogP) is 1.14. The molecule has 3 N–H and O–H groups in total. The van der Waals surface area contributed by atoms with Crippen molar-refractivity contribution < 1.29 is 0 Å². The van der Waals surface area contributed by atoms with E-state index in [4.69, 9.17) is 5.84 Å². The number of rotatable bonds is 5. The summed E-state index contributed by atoms with van der Waals surface area (Å²) in [4.78, 5) is 0. The monoisotopic (exact) mass is 274 g/mol. The zero-order valence-electron chi connectivity index (χ0n) is 12.5. The first-order valence-corrected chi connectivity index (χ1v) is 6.83. The van der Waals surface area contributed by atoms with Gasteiger partial charge in [0.2, 0.25) is 0 Å². The second-order valence-electron chi connectivity index (χ2n) is 5.07. The maximum Gasteiger partial charge on any atom is 0.0676 e. The molecule has 0 aliphatic heterocycles. The van der Waals surface area contributed by atoms with Crippen LogP contribution in [0.2, 0.25) is 0 Å². The highest BCUT2D eigenvalue weighted by Crippen LogP contribution is 2.21. The molecule has 0 saturated heterocycles. The topological polar surface area (TPSA) is 81.7 Å². The smallest absolute Gasteiger partial charge is 0.0676 e. The summed E-state index contributed by atoms with van der Waals surface area (Å²) in [5.74, 6) is 5.76. The van der Waals surface area contributed by atoms with Crippen LogP contribution in [-0.2, 0) is 19.9 Å². The predicted molar refractivity (Wildman–Crippen MR) is 77.9 cm³/mol. The van der Waals surface area contributed by atoms with Crippen molar-refractivity contribution in [2.75, 3.05) is 0 Å². The highest BCUT2D eigenvalue weighted by atomic mass is 15.3. The Morgan fingerprint density at radius 3 is 2.55 bits per heavy atom. The summed E-state index contributed by atoms with van der Waals surface area (Å²) in [6.45, 7) is 6.01. The fourth-order valence-electron chi connectivity index (χ4n) is 2.43. The Kier molecular flexibility index (Phi) is 4.46. The molecule has 0 fully saturated rings. The number of hydrogen-bond donors (Lipinski definition) is 2. The van der Waals surface area contributed by atoms with Crippen molar-refractivity contribution in [1.29, 1.82) is 0 Å². The third kappa shape index (κ3) is 3.02. The fourth-order valence-corrected chi connectivity index (χ4v) is 2.43. The van der Waals surface area contributed by atoms with E-state index in [2.05, 4.69) is 39.8 Å². The van der Waals surface area contributed by atoms with Gasteiger partial charge < -0.3 is 0 Å². The number of hydrazine groups is 1. The van der Waals surface area contributed by atoms with Crippen LogP contribution in [0, 0.1) is 13.8 Å². The van der Waals surface area contributed by atoms with Gasteiger partial charge in [-0.05, 0) is 38.0 Å². The van der Waals surface area contributed by atoms with Crippen molar-refractivity contribution in [1.82, 2.24) is 25.4 Å². The third-order valence-corrected chi connectivity index (χ3v) is 3.45. The minimum Gasteiger partial charge on any atom is -0.272 e. The lowest BCUT2D eigenvalue weighted by atomic mass is 9.99. The summed E-state index contributed by atoms with van der Waals surface area (Å²) in [7, 11) is 1.95. The average Bonchev–Trinajstić information content (AvgIpc) is 2.74. The Morgan fingerprint density at radius 2 is 2.00 bits per heavy atom. The molecule has 0 aliphatic carbocycles. The number of nitrogens with zero attached hydrogens (tertiary/aromatic N) is 4. The van der Waals surface area contributed by atoms with Crippen molar-refractivity contribution in [3.05, 3.63) is 40.5 Å². The molecule has 1 unspecified atom stereocenters. The third-order valence-electron chi connectivity index (χ3n) is 3.45. The number of hydrogen-bond acceptors (Lipinski definition) is 5. The molecule has 0 radical (unpaired) electrons. The molecule has 0 amide bonds. The molecule has 6 heteroatoms. The summed E-state index contributed by atoms with van der Waals surface area (Å²) < 4.78 is 1.90. The van der Waals surface area contributed by atoms with Crippen LogP contribution in [0.3, 0.4) is 0 Å². The van der Waals surface area contributed by atoms with Crippen molar-refractivity contribution >= 4 is 0 Å². The van der Waals surface area contributed by atoms with Crippen LogP contribution in [0.4, 0.5) is 0 Å². The van der Waals surface area contributed by atoms with Crippen LogP contribution in [0.1, 0.15) is 41.3 Å². The number of nitrogens with two attached hydrogens (primary N) is 1. The molecule has 2 aromatic heterocycles. The van der Waals surface area contributed by atoms with E-state index in [0.717, 1.165) is 41.2 Å². The zero-order valence-corrected chi connectivity index (χ0v) is 12.5. The fraction of sp³-hybridized carbons (Fsp3) is 0.500. The van der Waals surface area contributed by atoms with Crippen molar-refractivity contribution in [3.8, 4) is 0 Å². The summed E-state index contributed by atoms with van der Waals surface area (Å²) >= 11 is 0. The van der Waals surface area contributed by atoms with Gasteiger partial charge in [0.1, 0.15) is 0 Å². The molecule has 108 valence electrons. The van der Waals surface area contributed by atoms with E-state index in [1.54, 1.807) is 0 Å². The van der Waals surface area contributed by atoms with E-state index in [-0.39, 0.29) is 6.04 Å². The van der Waals surface area contributed by atoms with E-state index in [1.807, 2.05) is 25.6 Å². The Bertz CT molecular complexity index is 589. The first-order valence-electron chi connectivity index (χ1n) is 6.83. The first kappa shape index (κ1) is 14.6. The number of aromatic nitrogens is 4. The van der Waals surface area contributed by atoms with Gasteiger partial charge in [-0.2, -0.15) is 15.3 Å². The Balaban J connectivity index is 2.33. The molecule has 6 nitrogen and oxygen atoms in total. The number of nitrogens with one attached hydrogen (secondary N) is 1. The molecule has 2 aromatic rings. The Hall–Kier alpha value is -1.79. The summed E-state index contributed by atoms with van der Waals surface area (Å²) in [5.41, 5.74) is 8.05. The number of aryl methyl sites for hydroxylation is 4. The van der Waals surface area contributed by atoms with E-state index in [9.17, 15) is 0 Å². The second kappa shape index (κ2) is 6.11. The van der Waals surface area contributed by atoms with Crippen LogP contribution in [0.5, 0.6) is 0 Å². The maximum atomic E-state index is 5.76.